The van der Waals surface area contributed by atoms with Gasteiger partial charge in [0.1, 0.15) is 6.33 Å². The van der Waals surface area contributed by atoms with E-state index in [0.29, 0.717) is 17.3 Å². The smallest absolute Gasteiger partial charge is 0.255 e. The van der Waals surface area contributed by atoms with E-state index in [1.54, 1.807) is 22.9 Å². The van der Waals surface area contributed by atoms with E-state index >= 15 is 0 Å². The minimum Gasteiger partial charge on any atom is -0.350 e. The highest BCUT2D eigenvalue weighted by atomic mass is 16.1. The Morgan fingerprint density at radius 3 is 2.70 bits per heavy atom. The van der Waals surface area contributed by atoms with Crippen LogP contribution >= 0.6 is 0 Å². The summed E-state index contributed by atoms with van der Waals surface area (Å²) in [4.78, 5) is 27.5. The number of piperidine rings is 1. The first-order valence-electron chi connectivity index (χ1n) is 8.00. The Morgan fingerprint density at radius 2 is 1.96 bits per heavy atom. The molecule has 0 saturated carbocycles. The summed E-state index contributed by atoms with van der Waals surface area (Å²) < 4.78 is 1.73. The molecule has 2 aliphatic heterocycles. The van der Waals surface area contributed by atoms with Crippen LogP contribution in [0.5, 0.6) is 0 Å². The fourth-order valence-corrected chi connectivity index (χ4v) is 3.44. The summed E-state index contributed by atoms with van der Waals surface area (Å²) in [5.74, 6) is 0.668. The van der Waals surface area contributed by atoms with Gasteiger partial charge in [-0.15, -0.1) is 0 Å². The third-order valence-corrected chi connectivity index (χ3v) is 4.99. The van der Waals surface area contributed by atoms with Crippen LogP contribution < -0.4 is 10.9 Å². The average molecular weight is 312 g/mol. The number of likely N-dealkylation sites (tertiary alicyclic amines) is 1. The molecule has 1 saturated heterocycles. The van der Waals surface area contributed by atoms with Crippen LogP contribution in [0, 0.1) is 0 Å². The number of aromatic nitrogens is 4. The van der Waals surface area contributed by atoms with E-state index < -0.39 is 0 Å². The third kappa shape index (κ3) is 2.61. The first kappa shape index (κ1) is 14.3. The van der Waals surface area contributed by atoms with E-state index in [0.717, 1.165) is 38.9 Å². The highest BCUT2D eigenvalue weighted by Gasteiger charge is 2.37. The fraction of sp³-hybridized carbons (Fsp3) is 0.500. The molecule has 23 heavy (non-hydrogen) atoms. The summed E-state index contributed by atoms with van der Waals surface area (Å²) in [5, 5.41) is 3.57. The zero-order valence-corrected chi connectivity index (χ0v) is 13.2. The van der Waals surface area contributed by atoms with Gasteiger partial charge < -0.3 is 10.2 Å². The van der Waals surface area contributed by atoms with Gasteiger partial charge in [0.25, 0.3) is 5.56 Å². The normalized spacial score (nSPS) is 20.0. The van der Waals surface area contributed by atoms with Gasteiger partial charge in [-0.2, -0.15) is 0 Å². The number of rotatable bonds is 1. The predicted octanol–water partition coefficient (Wildman–Crippen LogP) is 0.980. The van der Waals surface area contributed by atoms with Gasteiger partial charge in [-0.3, -0.25) is 9.36 Å². The van der Waals surface area contributed by atoms with Gasteiger partial charge in [0, 0.05) is 37.4 Å². The SMILES string of the molecule is CN1CCC2(CC1)CCn1c(nc(-c3ccncn3)cc1=O)N2. The molecule has 7 heteroatoms. The van der Waals surface area contributed by atoms with Crippen LogP contribution in [0.25, 0.3) is 11.4 Å². The number of nitrogens with one attached hydrogen (secondary N) is 1. The van der Waals surface area contributed by atoms with Crippen LogP contribution in [0.4, 0.5) is 5.95 Å². The molecule has 2 aromatic rings. The molecule has 1 spiro atoms. The predicted molar refractivity (Wildman–Crippen MR) is 87.2 cm³/mol. The summed E-state index contributed by atoms with van der Waals surface area (Å²) in [7, 11) is 2.15. The van der Waals surface area contributed by atoms with Crippen molar-refractivity contribution in [3.63, 3.8) is 0 Å². The lowest BCUT2D eigenvalue weighted by Gasteiger charge is -2.44. The molecular formula is C16H20N6O. The number of hydrogen-bond donors (Lipinski definition) is 1. The summed E-state index contributed by atoms with van der Waals surface area (Å²) >= 11 is 0. The number of fused-ring (bicyclic) bond motifs is 1. The second-order valence-electron chi connectivity index (χ2n) is 6.51. The highest BCUT2D eigenvalue weighted by molar-refractivity contribution is 5.55. The van der Waals surface area contributed by atoms with Crippen molar-refractivity contribution in [2.24, 2.45) is 0 Å². The van der Waals surface area contributed by atoms with Crippen molar-refractivity contribution >= 4 is 5.95 Å². The first-order chi connectivity index (χ1) is 11.2. The lowest BCUT2D eigenvalue weighted by atomic mass is 9.83. The van der Waals surface area contributed by atoms with E-state index in [1.807, 2.05) is 0 Å². The number of anilines is 1. The molecule has 2 aromatic heterocycles. The second kappa shape index (κ2) is 5.42. The molecule has 0 atom stereocenters. The van der Waals surface area contributed by atoms with E-state index in [1.165, 1.54) is 6.33 Å². The molecule has 1 N–H and O–H groups in total. The Bertz CT molecular complexity index is 764. The lowest BCUT2D eigenvalue weighted by molar-refractivity contribution is 0.183. The molecule has 4 rings (SSSR count). The summed E-state index contributed by atoms with van der Waals surface area (Å²) in [6, 6.07) is 3.33. The van der Waals surface area contributed by atoms with Crippen LogP contribution in [-0.2, 0) is 6.54 Å². The maximum absolute atomic E-state index is 12.4. The molecule has 120 valence electrons. The lowest BCUT2D eigenvalue weighted by Crippen LogP contribution is -2.52. The molecular weight excluding hydrogens is 292 g/mol. The number of hydrogen-bond acceptors (Lipinski definition) is 6. The molecule has 0 aliphatic carbocycles. The first-order valence-corrected chi connectivity index (χ1v) is 8.00. The van der Waals surface area contributed by atoms with Crippen LogP contribution in [0.2, 0.25) is 0 Å². The van der Waals surface area contributed by atoms with Crippen molar-refractivity contribution in [2.75, 3.05) is 25.5 Å². The van der Waals surface area contributed by atoms with E-state index in [-0.39, 0.29) is 11.1 Å². The van der Waals surface area contributed by atoms with Crippen molar-refractivity contribution in [1.29, 1.82) is 0 Å². The minimum absolute atomic E-state index is 0.0288. The molecule has 1 fully saturated rings. The standard InChI is InChI=1S/C16H20N6O/c1-21-7-3-16(4-8-21)5-9-22-14(23)10-13(19-15(22)20-16)12-2-6-17-11-18-12/h2,6,10-11H,3-5,7-9H2,1H3,(H,19,20). The van der Waals surface area contributed by atoms with Crippen molar-refractivity contribution in [2.45, 2.75) is 31.3 Å². The van der Waals surface area contributed by atoms with E-state index in [2.05, 4.69) is 32.2 Å². The monoisotopic (exact) mass is 312 g/mol. The van der Waals surface area contributed by atoms with Crippen LogP contribution in [0.15, 0.2) is 29.5 Å². The van der Waals surface area contributed by atoms with Gasteiger partial charge in [-0.05, 0) is 32.4 Å². The van der Waals surface area contributed by atoms with Crippen LogP contribution in [-0.4, -0.2) is 50.1 Å². The van der Waals surface area contributed by atoms with Gasteiger partial charge in [-0.25, -0.2) is 15.0 Å². The Hall–Kier alpha value is -2.28. The van der Waals surface area contributed by atoms with Gasteiger partial charge in [-0.1, -0.05) is 0 Å². The van der Waals surface area contributed by atoms with E-state index in [4.69, 9.17) is 0 Å². The molecule has 0 aromatic carbocycles. The van der Waals surface area contributed by atoms with Crippen molar-refractivity contribution in [1.82, 2.24) is 24.4 Å². The van der Waals surface area contributed by atoms with Crippen LogP contribution in [0.1, 0.15) is 19.3 Å². The third-order valence-electron chi connectivity index (χ3n) is 4.99. The molecule has 7 nitrogen and oxygen atoms in total. The summed E-state index contributed by atoms with van der Waals surface area (Å²) in [6.45, 7) is 2.87. The zero-order chi connectivity index (χ0) is 15.9. The second-order valence-corrected chi connectivity index (χ2v) is 6.51. The van der Waals surface area contributed by atoms with Crippen molar-refractivity contribution in [3.8, 4) is 11.4 Å². The largest absolute Gasteiger partial charge is 0.350 e. The van der Waals surface area contributed by atoms with Gasteiger partial charge in [0.15, 0.2) is 0 Å². The maximum Gasteiger partial charge on any atom is 0.255 e. The molecule has 2 aliphatic rings. The Kier molecular flexibility index (Phi) is 3.37. The number of nitrogens with zero attached hydrogens (tertiary/aromatic N) is 5. The minimum atomic E-state index is -0.0288. The van der Waals surface area contributed by atoms with Crippen molar-refractivity contribution in [3.05, 3.63) is 35.0 Å². The quantitative estimate of drug-likeness (QED) is 0.846. The van der Waals surface area contributed by atoms with Crippen molar-refractivity contribution < 1.29 is 0 Å². The summed E-state index contributed by atoms with van der Waals surface area (Å²) in [5.41, 5.74) is 1.31. The summed E-state index contributed by atoms with van der Waals surface area (Å²) in [6.07, 6.45) is 6.27. The average Bonchev–Trinajstić information content (AvgIpc) is 2.58. The molecule has 0 amide bonds. The molecule has 0 bridgehead atoms. The van der Waals surface area contributed by atoms with Crippen LogP contribution in [0.3, 0.4) is 0 Å². The van der Waals surface area contributed by atoms with Gasteiger partial charge >= 0.3 is 0 Å². The maximum atomic E-state index is 12.4. The Balaban J connectivity index is 1.70. The highest BCUT2D eigenvalue weighted by Crippen LogP contribution is 2.33. The topological polar surface area (TPSA) is 75.9 Å². The molecule has 0 unspecified atom stereocenters. The fourth-order valence-electron chi connectivity index (χ4n) is 3.44. The van der Waals surface area contributed by atoms with E-state index in [9.17, 15) is 4.79 Å². The Labute approximate surface area is 134 Å². The Morgan fingerprint density at radius 1 is 1.17 bits per heavy atom. The van der Waals surface area contributed by atoms with Gasteiger partial charge in [0.05, 0.1) is 11.4 Å². The molecule has 0 radical (unpaired) electrons. The zero-order valence-electron chi connectivity index (χ0n) is 13.2. The van der Waals surface area contributed by atoms with Gasteiger partial charge in [0.2, 0.25) is 5.95 Å². The molecule has 4 heterocycles.